The fourth-order valence-electron chi connectivity index (χ4n) is 1.64. The van der Waals surface area contributed by atoms with Gasteiger partial charge in [-0.25, -0.2) is 8.78 Å². The Morgan fingerprint density at radius 1 is 1.20 bits per heavy atom. The van der Waals surface area contributed by atoms with Crippen LogP contribution in [0.2, 0.25) is 0 Å². The van der Waals surface area contributed by atoms with Gasteiger partial charge in [-0.1, -0.05) is 0 Å². The summed E-state index contributed by atoms with van der Waals surface area (Å²) < 4.78 is 31.6. The molecule has 0 saturated heterocycles. The molecule has 0 saturated carbocycles. The van der Waals surface area contributed by atoms with E-state index in [1.807, 2.05) is 0 Å². The molecule has 0 spiro atoms. The molecular formula is C14H12F2N2O2. The summed E-state index contributed by atoms with van der Waals surface area (Å²) in [4.78, 5) is 12.0. The summed E-state index contributed by atoms with van der Waals surface area (Å²) in [5.74, 6) is -1.55. The number of ether oxygens (including phenoxy) is 1. The van der Waals surface area contributed by atoms with Gasteiger partial charge in [0.05, 0.1) is 18.4 Å². The Morgan fingerprint density at radius 3 is 2.65 bits per heavy atom. The van der Waals surface area contributed by atoms with Gasteiger partial charge in [0, 0.05) is 11.8 Å². The van der Waals surface area contributed by atoms with Crippen molar-refractivity contribution in [1.82, 2.24) is 0 Å². The normalized spacial score (nSPS) is 10.2. The third kappa shape index (κ3) is 2.85. The molecule has 4 nitrogen and oxygen atoms in total. The van der Waals surface area contributed by atoms with Gasteiger partial charge in [-0.3, -0.25) is 4.79 Å². The number of rotatable bonds is 3. The number of anilines is 2. The Bertz CT molecular complexity index is 660. The third-order valence-electron chi connectivity index (χ3n) is 2.68. The molecule has 2 rings (SSSR count). The first-order valence-corrected chi connectivity index (χ1v) is 5.71. The molecular weight excluding hydrogens is 266 g/mol. The number of nitrogen functional groups attached to an aromatic ring is 1. The number of methoxy groups -OCH3 is 1. The average molecular weight is 278 g/mol. The summed E-state index contributed by atoms with van der Waals surface area (Å²) in [6, 6.07) is 7.29. The molecule has 0 heterocycles. The lowest BCUT2D eigenvalue weighted by atomic mass is 10.1. The van der Waals surface area contributed by atoms with Gasteiger partial charge < -0.3 is 15.8 Å². The Morgan fingerprint density at radius 2 is 1.95 bits per heavy atom. The number of benzene rings is 2. The van der Waals surface area contributed by atoms with Gasteiger partial charge in [0.2, 0.25) is 0 Å². The molecule has 0 fully saturated rings. The van der Waals surface area contributed by atoms with Gasteiger partial charge in [0.1, 0.15) is 17.4 Å². The molecule has 0 bridgehead atoms. The predicted molar refractivity (Wildman–Crippen MR) is 71.7 cm³/mol. The van der Waals surface area contributed by atoms with Crippen LogP contribution in [0.25, 0.3) is 0 Å². The lowest BCUT2D eigenvalue weighted by Gasteiger charge is -2.09. The standard InChI is InChI=1S/C14H12F2N2O2/c1-20-9-3-4-11(16)13(7-9)18-14(19)10-6-8(15)2-5-12(10)17/h2-7H,17H2,1H3,(H,18,19). The quantitative estimate of drug-likeness (QED) is 0.848. The second-order valence-electron chi connectivity index (χ2n) is 4.03. The molecule has 0 unspecified atom stereocenters. The molecule has 0 radical (unpaired) electrons. The molecule has 2 aromatic carbocycles. The second kappa shape index (κ2) is 5.56. The van der Waals surface area contributed by atoms with Crippen molar-refractivity contribution in [1.29, 1.82) is 0 Å². The summed E-state index contributed by atoms with van der Waals surface area (Å²) in [6.45, 7) is 0. The minimum atomic E-state index is -0.700. The monoisotopic (exact) mass is 278 g/mol. The SMILES string of the molecule is COc1ccc(F)c(NC(=O)c2cc(F)ccc2N)c1. The number of halogens is 2. The zero-order valence-corrected chi connectivity index (χ0v) is 10.6. The van der Waals surface area contributed by atoms with Gasteiger partial charge >= 0.3 is 0 Å². The Balaban J connectivity index is 2.30. The Kier molecular flexibility index (Phi) is 3.84. The summed E-state index contributed by atoms with van der Waals surface area (Å²) in [7, 11) is 1.42. The first-order chi connectivity index (χ1) is 9.51. The van der Waals surface area contributed by atoms with E-state index in [4.69, 9.17) is 10.5 Å². The molecule has 1 amide bonds. The molecule has 0 aliphatic heterocycles. The molecule has 20 heavy (non-hydrogen) atoms. The third-order valence-corrected chi connectivity index (χ3v) is 2.68. The number of nitrogens with one attached hydrogen (secondary N) is 1. The van der Waals surface area contributed by atoms with Crippen molar-refractivity contribution in [2.24, 2.45) is 0 Å². The van der Waals surface area contributed by atoms with Crippen LogP contribution < -0.4 is 15.8 Å². The fraction of sp³-hybridized carbons (Fsp3) is 0.0714. The van der Waals surface area contributed by atoms with E-state index in [0.717, 1.165) is 18.2 Å². The number of amides is 1. The van der Waals surface area contributed by atoms with Gasteiger partial charge in [-0.2, -0.15) is 0 Å². The number of carbonyl (C=O) groups is 1. The molecule has 0 atom stereocenters. The van der Waals surface area contributed by atoms with E-state index in [-0.39, 0.29) is 16.9 Å². The summed E-state index contributed by atoms with van der Waals surface area (Å²) in [5, 5.41) is 2.33. The van der Waals surface area contributed by atoms with Gasteiger partial charge in [0.25, 0.3) is 5.91 Å². The van der Waals surface area contributed by atoms with Crippen LogP contribution in [0.4, 0.5) is 20.2 Å². The van der Waals surface area contributed by atoms with Gasteiger partial charge in [0.15, 0.2) is 0 Å². The summed E-state index contributed by atoms with van der Waals surface area (Å²) in [6.07, 6.45) is 0. The first-order valence-electron chi connectivity index (χ1n) is 5.71. The van der Waals surface area contributed by atoms with Gasteiger partial charge in [-0.15, -0.1) is 0 Å². The van der Waals surface area contributed by atoms with E-state index in [2.05, 4.69) is 5.32 Å². The maximum absolute atomic E-state index is 13.6. The second-order valence-corrected chi connectivity index (χ2v) is 4.03. The predicted octanol–water partition coefficient (Wildman–Crippen LogP) is 2.81. The van der Waals surface area contributed by atoms with E-state index in [1.54, 1.807) is 0 Å². The lowest BCUT2D eigenvalue weighted by molar-refractivity contribution is 0.102. The van der Waals surface area contributed by atoms with Crippen molar-refractivity contribution < 1.29 is 18.3 Å². The van der Waals surface area contributed by atoms with E-state index in [9.17, 15) is 13.6 Å². The number of nitrogens with two attached hydrogens (primary N) is 1. The lowest BCUT2D eigenvalue weighted by Crippen LogP contribution is -2.15. The highest BCUT2D eigenvalue weighted by atomic mass is 19.1. The zero-order chi connectivity index (χ0) is 14.7. The summed E-state index contributed by atoms with van der Waals surface area (Å²) >= 11 is 0. The number of hydrogen-bond donors (Lipinski definition) is 2. The molecule has 3 N–H and O–H groups in total. The van der Waals surface area contributed by atoms with Crippen LogP contribution in [0.3, 0.4) is 0 Å². The maximum atomic E-state index is 13.6. The number of hydrogen-bond acceptors (Lipinski definition) is 3. The van der Waals surface area contributed by atoms with E-state index < -0.39 is 17.5 Å². The van der Waals surface area contributed by atoms with Crippen LogP contribution in [0.5, 0.6) is 5.75 Å². The highest BCUT2D eigenvalue weighted by Gasteiger charge is 2.13. The highest BCUT2D eigenvalue weighted by Crippen LogP contribution is 2.22. The van der Waals surface area contributed by atoms with Crippen LogP contribution >= 0.6 is 0 Å². The molecule has 104 valence electrons. The van der Waals surface area contributed by atoms with Crippen molar-refractivity contribution >= 4 is 17.3 Å². The molecule has 6 heteroatoms. The molecule has 2 aromatic rings. The zero-order valence-electron chi connectivity index (χ0n) is 10.6. The molecule has 0 aliphatic rings. The van der Waals surface area contributed by atoms with Crippen molar-refractivity contribution in [3.05, 3.63) is 53.6 Å². The van der Waals surface area contributed by atoms with Crippen LogP contribution in [0.1, 0.15) is 10.4 Å². The number of carbonyl (C=O) groups excluding carboxylic acids is 1. The van der Waals surface area contributed by atoms with Crippen LogP contribution in [-0.4, -0.2) is 13.0 Å². The smallest absolute Gasteiger partial charge is 0.257 e. The fourth-order valence-corrected chi connectivity index (χ4v) is 1.64. The maximum Gasteiger partial charge on any atom is 0.257 e. The topological polar surface area (TPSA) is 64.3 Å². The Hall–Kier alpha value is -2.63. The van der Waals surface area contributed by atoms with Crippen LogP contribution in [0, 0.1) is 11.6 Å². The van der Waals surface area contributed by atoms with Crippen molar-refractivity contribution in [3.63, 3.8) is 0 Å². The average Bonchev–Trinajstić information content (AvgIpc) is 2.43. The van der Waals surface area contributed by atoms with Crippen LogP contribution in [0.15, 0.2) is 36.4 Å². The Labute approximate surface area is 114 Å². The van der Waals surface area contributed by atoms with E-state index >= 15 is 0 Å². The summed E-state index contributed by atoms with van der Waals surface area (Å²) in [5.41, 5.74) is 5.56. The van der Waals surface area contributed by atoms with Gasteiger partial charge in [-0.05, 0) is 30.3 Å². The highest BCUT2D eigenvalue weighted by molar-refractivity contribution is 6.07. The van der Waals surface area contributed by atoms with E-state index in [0.29, 0.717) is 5.75 Å². The molecule has 0 aliphatic carbocycles. The van der Waals surface area contributed by atoms with Crippen molar-refractivity contribution in [2.45, 2.75) is 0 Å². The van der Waals surface area contributed by atoms with Crippen LogP contribution in [-0.2, 0) is 0 Å². The minimum absolute atomic E-state index is 0.0628. The van der Waals surface area contributed by atoms with Crippen molar-refractivity contribution in [3.8, 4) is 5.75 Å². The largest absolute Gasteiger partial charge is 0.497 e. The minimum Gasteiger partial charge on any atom is -0.497 e. The van der Waals surface area contributed by atoms with E-state index in [1.165, 1.54) is 25.3 Å². The first kappa shape index (κ1) is 13.8. The molecule has 0 aromatic heterocycles. The van der Waals surface area contributed by atoms with Crippen molar-refractivity contribution in [2.75, 3.05) is 18.2 Å².